The maximum Gasteiger partial charge on any atom is 0.224 e. The molecule has 0 aliphatic heterocycles. The van der Waals surface area contributed by atoms with Crippen LogP contribution in [0.25, 0.3) is 10.9 Å². The van der Waals surface area contributed by atoms with Crippen molar-refractivity contribution in [1.29, 1.82) is 0 Å². The largest absolute Gasteiger partial charge is 0.497 e. The van der Waals surface area contributed by atoms with Crippen LogP contribution in [0.15, 0.2) is 71.6 Å². The highest BCUT2D eigenvalue weighted by Crippen LogP contribution is 2.31. The quantitative estimate of drug-likeness (QED) is 0.479. The molecule has 2 N–H and O–H groups in total. The monoisotopic (exact) mass is 390 g/mol. The maximum absolute atomic E-state index is 12.4. The molecular formula is C23H22N2O2S. The number of carbonyl (C=O) groups is 1. The number of nitrogens with one attached hydrogen (secondary N) is 2. The van der Waals surface area contributed by atoms with Crippen LogP contribution in [0, 0.1) is 0 Å². The molecule has 0 spiro atoms. The fourth-order valence-corrected chi connectivity index (χ4v) is 4.15. The Hall–Kier alpha value is -3.05. The molecular weight excluding hydrogens is 368 g/mol. The lowest BCUT2D eigenvalue weighted by atomic mass is 9.90. The molecule has 0 bridgehead atoms. The Morgan fingerprint density at radius 2 is 1.96 bits per heavy atom. The van der Waals surface area contributed by atoms with Crippen molar-refractivity contribution in [3.63, 3.8) is 0 Å². The Balaban J connectivity index is 1.60. The summed E-state index contributed by atoms with van der Waals surface area (Å²) in [5.74, 6) is 0.910. The second-order valence-corrected chi connectivity index (χ2v) is 7.51. The van der Waals surface area contributed by atoms with E-state index >= 15 is 0 Å². The number of ether oxygens (including phenoxy) is 1. The van der Waals surface area contributed by atoms with Crippen LogP contribution < -0.4 is 10.1 Å². The number of thiophene rings is 1. The van der Waals surface area contributed by atoms with Crippen LogP contribution >= 0.6 is 11.3 Å². The van der Waals surface area contributed by atoms with Crippen LogP contribution in [0.1, 0.15) is 22.6 Å². The van der Waals surface area contributed by atoms with Gasteiger partial charge in [-0.25, -0.2) is 0 Å². The summed E-state index contributed by atoms with van der Waals surface area (Å²) in [6.45, 7) is 0.539. The van der Waals surface area contributed by atoms with Gasteiger partial charge >= 0.3 is 0 Å². The minimum Gasteiger partial charge on any atom is -0.497 e. The molecule has 2 heterocycles. The van der Waals surface area contributed by atoms with E-state index in [1.807, 2.05) is 47.3 Å². The number of rotatable bonds is 7. The Bertz CT molecular complexity index is 1050. The van der Waals surface area contributed by atoms with E-state index in [2.05, 4.69) is 34.6 Å². The summed E-state index contributed by atoms with van der Waals surface area (Å²) in [4.78, 5) is 15.8. The fraction of sp³-hybridized carbons (Fsp3) is 0.174. The molecule has 2 aromatic heterocycles. The Morgan fingerprint density at radius 3 is 2.71 bits per heavy atom. The van der Waals surface area contributed by atoms with Crippen molar-refractivity contribution in [3.8, 4) is 5.75 Å². The van der Waals surface area contributed by atoms with Gasteiger partial charge in [0.15, 0.2) is 0 Å². The molecule has 5 heteroatoms. The lowest BCUT2D eigenvalue weighted by Crippen LogP contribution is -2.30. The zero-order chi connectivity index (χ0) is 19.3. The first-order valence-electron chi connectivity index (χ1n) is 9.22. The smallest absolute Gasteiger partial charge is 0.224 e. The van der Waals surface area contributed by atoms with Crippen LogP contribution in [-0.2, 0) is 11.2 Å². The van der Waals surface area contributed by atoms with Gasteiger partial charge in [-0.05, 0) is 51.7 Å². The molecule has 4 nitrogen and oxygen atoms in total. The van der Waals surface area contributed by atoms with E-state index in [-0.39, 0.29) is 11.8 Å². The molecule has 142 valence electrons. The zero-order valence-electron chi connectivity index (χ0n) is 15.6. The summed E-state index contributed by atoms with van der Waals surface area (Å²) >= 11 is 1.61. The number of carbonyl (C=O) groups excluding carboxylic acids is 1. The van der Waals surface area contributed by atoms with Gasteiger partial charge in [0.2, 0.25) is 5.91 Å². The van der Waals surface area contributed by atoms with Crippen molar-refractivity contribution in [2.45, 2.75) is 12.3 Å². The first-order chi connectivity index (χ1) is 13.7. The molecule has 0 radical (unpaired) electrons. The van der Waals surface area contributed by atoms with E-state index in [0.29, 0.717) is 13.0 Å². The Morgan fingerprint density at radius 1 is 1.14 bits per heavy atom. The van der Waals surface area contributed by atoms with E-state index < -0.39 is 0 Å². The third kappa shape index (κ3) is 3.94. The van der Waals surface area contributed by atoms with E-state index in [9.17, 15) is 4.79 Å². The van der Waals surface area contributed by atoms with Gasteiger partial charge in [-0.2, -0.15) is 11.3 Å². The molecule has 0 aliphatic carbocycles. The summed E-state index contributed by atoms with van der Waals surface area (Å²) in [6.07, 6.45) is 2.46. The van der Waals surface area contributed by atoms with Crippen molar-refractivity contribution in [3.05, 3.63) is 88.2 Å². The van der Waals surface area contributed by atoms with Gasteiger partial charge in [-0.1, -0.05) is 30.3 Å². The van der Waals surface area contributed by atoms with Gasteiger partial charge in [0.1, 0.15) is 5.75 Å². The minimum absolute atomic E-state index is 0.0387. The molecule has 0 fully saturated rings. The highest BCUT2D eigenvalue weighted by atomic mass is 32.1. The molecule has 0 unspecified atom stereocenters. The van der Waals surface area contributed by atoms with Gasteiger partial charge < -0.3 is 15.0 Å². The van der Waals surface area contributed by atoms with Crippen molar-refractivity contribution < 1.29 is 9.53 Å². The third-order valence-electron chi connectivity index (χ3n) is 4.96. The number of hydrogen-bond acceptors (Lipinski definition) is 3. The van der Waals surface area contributed by atoms with Gasteiger partial charge in [0.05, 0.1) is 13.5 Å². The summed E-state index contributed by atoms with van der Waals surface area (Å²) in [5, 5.41) is 8.31. The number of H-pyrrole nitrogens is 1. The summed E-state index contributed by atoms with van der Waals surface area (Å²) in [7, 11) is 1.66. The van der Waals surface area contributed by atoms with Crippen molar-refractivity contribution in [1.82, 2.24) is 10.3 Å². The normalized spacial score (nSPS) is 12.0. The minimum atomic E-state index is 0.0387. The zero-order valence-corrected chi connectivity index (χ0v) is 16.5. The van der Waals surface area contributed by atoms with Crippen LogP contribution in [0.3, 0.4) is 0 Å². The first kappa shape index (κ1) is 18.3. The Labute approximate surface area is 168 Å². The standard InChI is InChI=1S/C23H22N2O2S/c1-27-18-8-6-17(7-9-18)20(13-25-23(26)12-16-10-11-28-15-16)21-14-24-22-5-3-2-4-19(21)22/h2-11,14-15,20,24H,12-13H2,1H3,(H,25,26)/t20-/m1/s1. The summed E-state index contributed by atoms with van der Waals surface area (Å²) < 4.78 is 5.29. The number of benzene rings is 2. The van der Waals surface area contributed by atoms with Crippen molar-refractivity contribution >= 4 is 28.1 Å². The third-order valence-corrected chi connectivity index (χ3v) is 5.70. The van der Waals surface area contributed by atoms with E-state index in [4.69, 9.17) is 4.74 Å². The molecule has 28 heavy (non-hydrogen) atoms. The van der Waals surface area contributed by atoms with Gasteiger partial charge in [-0.3, -0.25) is 4.79 Å². The van der Waals surface area contributed by atoms with Gasteiger partial charge in [0, 0.05) is 29.6 Å². The highest BCUT2D eigenvalue weighted by molar-refractivity contribution is 7.08. The van der Waals surface area contributed by atoms with E-state index in [1.54, 1.807) is 18.4 Å². The topological polar surface area (TPSA) is 54.1 Å². The molecule has 4 aromatic rings. The predicted molar refractivity (Wildman–Crippen MR) is 114 cm³/mol. The molecule has 0 saturated heterocycles. The number of fused-ring (bicyclic) bond motifs is 1. The maximum atomic E-state index is 12.4. The average Bonchev–Trinajstić information content (AvgIpc) is 3.39. The average molecular weight is 391 g/mol. The number of methoxy groups -OCH3 is 1. The van der Waals surface area contributed by atoms with E-state index in [1.165, 1.54) is 10.9 Å². The number of aromatic nitrogens is 1. The lowest BCUT2D eigenvalue weighted by molar-refractivity contribution is -0.120. The predicted octanol–water partition coefficient (Wildman–Crippen LogP) is 4.73. The molecule has 2 aromatic carbocycles. The highest BCUT2D eigenvalue weighted by Gasteiger charge is 2.19. The van der Waals surface area contributed by atoms with E-state index in [0.717, 1.165) is 22.4 Å². The lowest BCUT2D eigenvalue weighted by Gasteiger charge is -2.18. The van der Waals surface area contributed by atoms with Crippen molar-refractivity contribution in [2.75, 3.05) is 13.7 Å². The summed E-state index contributed by atoms with van der Waals surface area (Å²) in [5.41, 5.74) is 4.47. The van der Waals surface area contributed by atoms with Crippen LogP contribution in [0.5, 0.6) is 5.75 Å². The molecule has 1 atom stereocenters. The molecule has 4 rings (SSSR count). The number of aromatic amines is 1. The van der Waals surface area contributed by atoms with Crippen molar-refractivity contribution in [2.24, 2.45) is 0 Å². The first-order valence-corrected chi connectivity index (χ1v) is 10.2. The van der Waals surface area contributed by atoms with Gasteiger partial charge in [-0.15, -0.1) is 0 Å². The Kier molecular flexibility index (Phi) is 5.44. The summed E-state index contributed by atoms with van der Waals surface area (Å²) in [6, 6.07) is 18.3. The second kappa shape index (κ2) is 8.31. The molecule has 0 saturated carbocycles. The van der Waals surface area contributed by atoms with Crippen LogP contribution in [0.4, 0.5) is 0 Å². The van der Waals surface area contributed by atoms with Crippen LogP contribution in [-0.4, -0.2) is 24.5 Å². The fourth-order valence-electron chi connectivity index (χ4n) is 3.48. The number of para-hydroxylation sites is 1. The second-order valence-electron chi connectivity index (χ2n) is 6.73. The van der Waals surface area contributed by atoms with Crippen LogP contribution in [0.2, 0.25) is 0 Å². The SMILES string of the molecule is COc1ccc([C@@H](CNC(=O)Cc2ccsc2)c2c[nH]c3ccccc23)cc1. The number of amides is 1. The number of hydrogen-bond donors (Lipinski definition) is 2. The molecule has 0 aliphatic rings. The molecule has 1 amide bonds. The van der Waals surface area contributed by atoms with Gasteiger partial charge in [0.25, 0.3) is 0 Å².